The summed E-state index contributed by atoms with van der Waals surface area (Å²) in [5, 5.41) is 5.50. The maximum absolute atomic E-state index is 11.8. The van der Waals surface area contributed by atoms with Gasteiger partial charge in [0, 0.05) is 11.3 Å². The molecule has 18 heavy (non-hydrogen) atoms. The van der Waals surface area contributed by atoms with E-state index in [4.69, 9.17) is 5.73 Å². The van der Waals surface area contributed by atoms with Crippen LogP contribution in [0.3, 0.4) is 0 Å². The number of anilines is 1. The number of carbonyl (C=O) groups is 1. The van der Waals surface area contributed by atoms with Gasteiger partial charge in [0.2, 0.25) is 5.91 Å². The van der Waals surface area contributed by atoms with Crippen molar-refractivity contribution in [3.05, 3.63) is 11.1 Å². The predicted molar refractivity (Wildman–Crippen MR) is 77.4 cm³/mol. The second kappa shape index (κ2) is 6.50. The summed E-state index contributed by atoms with van der Waals surface area (Å²) in [6, 6.07) is -0.441. The molecule has 0 aromatic carbocycles. The summed E-state index contributed by atoms with van der Waals surface area (Å²) < 4.78 is 0. The third kappa shape index (κ3) is 4.23. The number of carbonyl (C=O) groups excluding carboxylic acids is 1. The highest BCUT2D eigenvalue weighted by atomic mass is 35.5. The highest BCUT2D eigenvalue weighted by Gasteiger charge is 2.26. The summed E-state index contributed by atoms with van der Waals surface area (Å²) in [7, 11) is 0. The van der Waals surface area contributed by atoms with E-state index in [-0.39, 0.29) is 18.3 Å². The number of rotatable bonds is 5. The summed E-state index contributed by atoms with van der Waals surface area (Å²) >= 11 is 1.48. The van der Waals surface area contributed by atoms with E-state index in [9.17, 15) is 4.79 Å². The summed E-state index contributed by atoms with van der Waals surface area (Å²) in [5.74, 6) is 0.922. The highest BCUT2D eigenvalue weighted by Crippen LogP contribution is 2.40. The fourth-order valence-corrected chi connectivity index (χ4v) is 2.52. The molecule has 1 amide bonds. The maximum Gasteiger partial charge on any atom is 0.243 e. The Hall–Kier alpha value is -0.650. The molecule has 0 aliphatic heterocycles. The first-order valence-corrected chi connectivity index (χ1v) is 6.96. The first-order valence-electron chi connectivity index (χ1n) is 6.08. The first kappa shape index (κ1) is 15.4. The van der Waals surface area contributed by atoms with Gasteiger partial charge in [-0.2, -0.15) is 0 Å². The molecule has 3 N–H and O–H groups in total. The van der Waals surface area contributed by atoms with Crippen LogP contribution in [0.2, 0.25) is 0 Å². The number of nitrogens with zero attached hydrogens (tertiary/aromatic N) is 1. The topological polar surface area (TPSA) is 68.0 Å². The number of hydrogen-bond donors (Lipinski definition) is 2. The highest BCUT2D eigenvalue weighted by molar-refractivity contribution is 7.13. The zero-order valence-corrected chi connectivity index (χ0v) is 12.3. The number of halogens is 1. The molecule has 1 saturated carbocycles. The molecule has 1 heterocycles. The summed E-state index contributed by atoms with van der Waals surface area (Å²) in [6.45, 7) is 4.11. The average molecular weight is 290 g/mol. The van der Waals surface area contributed by atoms with E-state index in [0.29, 0.717) is 23.4 Å². The van der Waals surface area contributed by atoms with Crippen LogP contribution in [0.15, 0.2) is 5.38 Å². The van der Waals surface area contributed by atoms with Crippen molar-refractivity contribution in [2.45, 2.75) is 45.1 Å². The number of aromatic nitrogens is 1. The van der Waals surface area contributed by atoms with Gasteiger partial charge in [0.25, 0.3) is 0 Å². The minimum absolute atomic E-state index is 0. The Morgan fingerprint density at radius 3 is 2.83 bits per heavy atom. The summed E-state index contributed by atoms with van der Waals surface area (Å²) in [4.78, 5) is 16.2. The fraction of sp³-hybridized carbons (Fsp3) is 0.667. The molecule has 1 atom stereocenters. The third-order valence-electron chi connectivity index (χ3n) is 2.81. The Morgan fingerprint density at radius 1 is 1.61 bits per heavy atom. The van der Waals surface area contributed by atoms with E-state index in [1.54, 1.807) is 0 Å². The van der Waals surface area contributed by atoms with Crippen molar-refractivity contribution in [1.29, 1.82) is 0 Å². The zero-order valence-electron chi connectivity index (χ0n) is 10.7. The van der Waals surface area contributed by atoms with Crippen LogP contribution in [0.5, 0.6) is 0 Å². The van der Waals surface area contributed by atoms with Crippen LogP contribution in [0.1, 0.15) is 44.7 Å². The van der Waals surface area contributed by atoms with E-state index in [1.165, 1.54) is 24.2 Å². The molecule has 102 valence electrons. The number of hydrogen-bond acceptors (Lipinski definition) is 4. The number of nitrogens with one attached hydrogen (secondary N) is 1. The average Bonchev–Trinajstić information content (AvgIpc) is 2.99. The van der Waals surface area contributed by atoms with E-state index in [0.717, 1.165) is 5.69 Å². The van der Waals surface area contributed by atoms with Crippen LogP contribution in [-0.4, -0.2) is 16.9 Å². The van der Waals surface area contributed by atoms with E-state index in [1.807, 2.05) is 5.38 Å². The summed E-state index contributed by atoms with van der Waals surface area (Å²) in [6.07, 6.45) is 3.15. The molecule has 0 bridgehead atoms. The van der Waals surface area contributed by atoms with Crippen LogP contribution in [0.25, 0.3) is 0 Å². The van der Waals surface area contributed by atoms with Crippen molar-refractivity contribution in [1.82, 2.24) is 4.98 Å². The molecule has 0 saturated heterocycles. The molecular formula is C12H20ClN3OS. The SMILES string of the molecule is CC(C)C[C@H](N)C(=O)Nc1nc(C2CC2)cs1.Cl. The zero-order chi connectivity index (χ0) is 12.4. The van der Waals surface area contributed by atoms with Gasteiger partial charge in [-0.1, -0.05) is 13.8 Å². The van der Waals surface area contributed by atoms with Crippen LogP contribution in [0.4, 0.5) is 5.13 Å². The molecular weight excluding hydrogens is 270 g/mol. The first-order chi connectivity index (χ1) is 8.06. The summed E-state index contributed by atoms with van der Waals surface area (Å²) in [5.41, 5.74) is 6.92. The van der Waals surface area contributed by atoms with Gasteiger partial charge in [0.1, 0.15) is 0 Å². The van der Waals surface area contributed by atoms with Crippen LogP contribution >= 0.6 is 23.7 Å². The van der Waals surface area contributed by atoms with Gasteiger partial charge in [-0.05, 0) is 25.2 Å². The fourth-order valence-electron chi connectivity index (χ4n) is 1.72. The lowest BCUT2D eigenvalue weighted by molar-refractivity contribution is -0.117. The van der Waals surface area contributed by atoms with Gasteiger partial charge in [-0.25, -0.2) is 4.98 Å². The predicted octanol–water partition coefficient (Wildman–Crippen LogP) is 2.75. The largest absolute Gasteiger partial charge is 0.320 e. The van der Waals surface area contributed by atoms with Crippen LogP contribution in [-0.2, 0) is 4.79 Å². The minimum Gasteiger partial charge on any atom is -0.320 e. The monoisotopic (exact) mass is 289 g/mol. The number of thiazole rings is 1. The van der Waals surface area contributed by atoms with E-state index >= 15 is 0 Å². The molecule has 1 aliphatic rings. The second-order valence-corrected chi connectivity index (χ2v) is 5.94. The molecule has 0 unspecified atom stereocenters. The Kier molecular flexibility index (Phi) is 5.56. The Bertz CT molecular complexity index is 404. The molecule has 6 heteroatoms. The lowest BCUT2D eigenvalue weighted by Crippen LogP contribution is -2.36. The lowest BCUT2D eigenvalue weighted by Gasteiger charge is -2.12. The standard InChI is InChI=1S/C12H19N3OS.ClH/c1-7(2)5-9(13)11(16)15-12-14-10(6-17-12)8-3-4-8;/h6-9H,3-5,13H2,1-2H3,(H,14,15,16);1H/t9-;/m0./s1. The number of nitrogens with two attached hydrogens (primary N) is 1. The van der Waals surface area contributed by atoms with Crippen LogP contribution < -0.4 is 11.1 Å². The molecule has 2 rings (SSSR count). The van der Waals surface area contributed by atoms with Crippen LogP contribution in [0, 0.1) is 5.92 Å². The van der Waals surface area contributed by atoms with Crippen molar-refractivity contribution in [2.24, 2.45) is 11.7 Å². The minimum atomic E-state index is -0.441. The van der Waals surface area contributed by atoms with Crippen molar-refractivity contribution >= 4 is 34.8 Å². The van der Waals surface area contributed by atoms with Crippen molar-refractivity contribution in [3.63, 3.8) is 0 Å². The smallest absolute Gasteiger partial charge is 0.243 e. The second-order valence-electron chi connectivity index (χ2n) is 5.08. The Labute approximate surface area is 118 Å². The van der Waals surface area contributed by atoms with E-state index < -0.39 is 6.04 Å². The van der Waals surface area contributed by atoms with E-state index in [2.05, 4.69) is 24.1 Å². The Balaban J connectivity index is 0.00000162. The van der Waals surface area contributed by atoms with Gasteiger partial charge in [0.05, 0.1) is 11.7 Å². The molecule has 0 spiro atoms. The van der Waals surface area contributed by atoms with Crippen molar-refractivity contribution in [3.8, 4) is 0 Å². The van der Waals surface area contributed by atoms with Gasteiger partial charge in [-0.15, -0.1) is 23.7 Å². The third-order valence-corrected chi connectivity index (χ3v) is 3.59. The van der Waals surface area contributed by atoms with Gasteiger partial charge in [-0.3, -0.25) is 4.79 Å². The van der Waals surface area contributed by atoms with Gasteiger partial charge < -0.3 is 11.1 Å². The van der Waals surface area contributed by atoms with Crippen molar-refractivity contribution in [2.75, 3.05) is 5.32 Å². The molecule has 0 radical (unpaired) electrons. The molecule has 1 aliphatic carbocycles. The maximum atomic E-state index is 11.8. The normalized spacial score (nSPS) is 16.2. The lowest BCUT2D eigenvalue weighted by atomic mass is 10.0. The molecule has 1 aromatic heterocycles. The molecule has 1 fully saturated rings. The van der Waals surface area contributed by atoms with Crippen molar-refractivity contribution < 1.29 is 4.79 Å². The molecule has 4 nitrogen and oxygen atoms in total. The number of amides is 1. The Morgan fingerprint density at radius 2 is 2.28 bits per heavy atom. The van der Waals surface area contributed by atoms with Gasteiger partial charge in [0.15, 0.2) is 5.13 Å². The molecule has 1 aromatic rings. The van der Waals surface area contributed by atoms with Gasteiger partial charge >= 0.3 is 0 Å². The quantitative estimate of drug-likeness (QED) is 0.876.